The largest absolute Gasteiger partial charge is 0.403 e. The van der Waals surface area contributed by atoms with Crippen LogP contribution < -0.4 is 10.6 Å². The maximum atomic E-state index is 12.9. The second kappa shape index (κ2) is 11.3. The average Bonchev–Trinajstić information content (AvgIpc) is 2.57. The number of alkyl halides is 3. The fraction of sp³-hybridized carbons (Fsp3) is 0.882. The third-order valence-corrected chi connectivity index (χ3v) is 4.55. The van der Waals surface area contributed by atoms with E-state index in [0.717, 1.165) is 0 Å². The van der Waals surface area contributed by atoms with E-state index in [2.05, 4.69) is 15.6 Å². The summed E-state index contributed by atoms with van der Waals surface area (Å²) >= 11 is 0. The van der Waals surface area contributed by atoms with Crippen LogP contribution in [0.15, 0.2) is 4.99 Å². The van der Waals surface area contributed by atoms with E-state index in [-0.39, 0.29) is 29.9 Å². The van der Waals surface area contributed by atoms with Gasteiger partial charge in [-0.3, -0.25) is 14.7 Å². The number of guanidine groups is 1. The minimum Gasteiger partial charge on any atom is -0.357 e. The Hall–Kier alpha value is -0.780. The number of hydrogen-bond acceptors (Lipinski definition) is 3. The highest BCUT2D eigenvalue weighted by Crippen LogP contribution is 2.25. The Morgan fingerprint density at radius 2 is 1.59 bits per heavy atom. The molecule has 160 valence electrons. The van der Waals surface area contributed by atoms with E-state index in [1.54, 1.807) is 0 Å². The summed E-state index contributed by atoms with van der Waals surface area (Å²) in [4.78, 5) is 20.1. The number of nitrogens with one attached hydrogen (secondary N) is 2. The summed E-state index contributed by atoms with van der Waals surface area (Å²) in [7, 11) is 0. The van der Waals surface area contributed by atoms with Gasteiger partial charge in [-0.15, -0.1) is 24.0 Å². The van der Waals surface area contributed by atoms with Crippen LogP contribution in [0.2, 0.25) is 0 Å². The van der Waals surface area contributed by atoms with E-state index in [9.17, 15) is 18.0 Å². The first-order valence-electron chi connectivity index (χ1n) is 9.15. The van der Waals surface area contributed by atoms with Crippen molar-refractivity contribution in [2.24, 2.45) is 10.4 Å². The van der Waals surface area contributed by atoms with Crippen molar-refractivity contribution in [2.45, 2.75) is 46.8 Å². The Morgan fingerprint density at radius 3 is 2.04 bits per heavy atom. The number of carbonyl (C=O) groups excluding carboxylic acids is 1. The number of carbonyl (C=O) groups is 1. The lowest BCUT2D eigenvalue weighted by atomic mass is 9.92. The van der Waals surface area contributed by atoms with Crippen LogP contribution in [0.25, 0.3) is 0 Å². The summed E-state index contributed by atoms with van der Waals surface area (Å²) < 4.78 is 38.6. The van der Waals surface area contributed by atoms with E-state index in [1.807, 2.05) is 32.6 Å². The number of amides is 1. The molecule has 1 aliphatic heterocycles. The van der Waals surface area contributed by atoms with Crippen molar-refractivity contribution >= 4 is 35.8 Å². The van der Waals surface area contributed by atoms with Crippen molar-refractivity contribution < 1.29 is 18.0 Å². The molecule has 0 radical (unpaired) electrons. The average molecular weight is 507 g/mol. The van der Waals surface area contributed by atoms with E-state index in [1.165, 1.54) is 11.8 Å². The minimum atomic E-state index is -4.21. The van der Waals surface area contributed by atoms with E-state index < -0.39 is 17.6 Å². The molecule has 1 fully saturated rings. The molecule has 0 bridgehead atoms. The van der Waals surface area contributed by atoms with Gasteiger partial charge in [0.15, 0.2) is 5.96 Å². The lowest BCUT2D eigenvalue weighted by Crippen LogP contribution is -2.57. The molecule has 1 atom stereocenters. The summed E-state index contributed by atoms with van der Waals surface area (Å²) in [5.41, 5.74) is -0.650. The zero-order chi connectivity index (χ0) is 20.0. The molecule has 1 saturated heterocycles. The normalized spacial score (nSPS) is 17.9. The van der Waals surface area contributed by atoms with Crippen LogP contribution in [0.4, 0.5) is 13.2 Å². The Morgan fingerprint density at radius 1 is 1.07 bits per heavy atom. The zero-order valence-electron chi connectivity index (χ0n) is 16.8. The van der Waals surface area contributed by atoms with E-state index in [0.29, 0.717) is 51.8 Å². The molecule has 1 amide bonds. The van der Waals surface area contributed by atoms with Gasteiger partial charge < -0.3 is 15.5 Å². The number of piperazine rings is 1. The number of aliphatic imine (C=N–C) groups is 1. The van der Waals surface area contributed by atoms with Crippen molar-refractivity contribution in [1.82, 2.24) is 20.4 Å². The Labute approximate surface area is 177 Å². The van der Waals surface area contributed by atoms with Gasteiger partial charge in [-0.05, 0) is 34.6 Å². The smallest absolute Gasteiger partial charge is 0.357 e. The summed E-state index contributed by atoms with van der Waals surface area (Å²) in [5.74, 6) is 0.576. The fourth-order valence-corrected chi connectivity index (χ4v) is 2.70. The fourth-order valence-electron chi connectivity index (χ4n) is 2.70. The maximum absolute atomic E-state index is 12.9. The van der Waals surface area contributed by atoms with Gasteiger partial charge in [-0.1, -0.05) is 0 Å². The number of hydrogen-bond donors (Lipinski definition) is 2. The van der Waals surface area contributed by atoms with Gasteiger partial charge in [0, 0.05) is 39.3 Å². The van der Waals surface area contributed by atoms with Gasteiger partial charge >= 0.3 is 6.18 Å². The summed E-state index contributed by atoms with van der Waals surface area (Å²) in [6.45, 7) is 11.8. The van der Waals surface area contributed by atoms with Crippen molar-refractivity contribution in [2.75, 3.05) is 45.8 Å². The van der Waals surface area contributed by atoms with Crippen molar-refractivity contribution in [3.8, 4) is 0 Å². The lowest BCUT2D eigenvalue weighted by Gasteiger charge is -2.39. The molecule has 0 aromatic heterocycles. The van der Waals surface area contributed by atoms with Crippen LogP contribution in [0, 0.1) is 5.41 Å². The van der Waals surface area contributed by atoms with Gasteiger partial charge in [0.25, 0.3) is 0 Å². The van der Waals surface area contributed by atoms with Gasteiger partial charge in [0.1, 0.15) is 6.04 Å². The Kier molecular flexibility index (Phi) is 11.0. The summed E-state index contributed by atoms with van der Waals surface area (Å²) in [6.07, 6.45) is -4.21. The molecule has 27 heavy (non-hydrogen) atoms. The van der Waals surface area contributed by atoms with Gasteiger partial charge in [0.2, 0.25) is 5.91 Å². The van der Waals surface area contributed by atoms with Crippen LogP contribution in [-0.4, -0.2) is 79.7 Å². The van der Waals surface area contributed by atoms with E-state index in [4.69, 9.17) is 0 Å². The molecule has 6 nitrogen and oxygen atoms in total. The molecular formula is C17H33F3IN5O. The highest BCUT2D eigenvalue weighted by atomic mass is 127. The first-order valence-corrected chi connectivity index (χ1v) is 9.15. The molecule has 2 N–H and O–H groups in total. The second-order valence-electron chi connectivity index (χ2n) is 7.15. The predicted octanol–water partition coefficient (Wildman–Crippen LogP) is 2.30. The van der Waals surface area contributed by atoms with Crippen LogP contribution in [-0.2, 0) is 4.79 Å². The minimum absolute atomic E-state index is 0. The van der Waals surface area contributed by atoms with Crippen LogP contribution in [0.5, 0.6) is 0 Å². The number of rotatable bonds is 6. The maximum Gasteiger partial charge on any atom is 0.403 e. The van der Waals surface area contributed by atoms with Gasteiger partial charge in [-0.25, -0.2) is 0 Å². The monoisotopic (exact) mass is 507 g/mol. The topological polar surface area (TPSA) is 60.0 Å². The van der Waals surface area contributed by atoms with E-state index >= 15 is 0 Å². The van der Waals surface area contributed by atoms with Crippen LogP contribution >= 0.6 is 24.0 Å². The molecular weight excluding hydrogens is 474 g/mol. The van der Waals surface area contributed by atoms with Crippen molar-refractivity contribution in [3.05, 3.63) is 0 Å². The Bertz CT molecular complexity index is 491. The quantitative estimate of drug-likeness (QED) is 0.329. The van der Waals surface area contributed by atoms with Crippen molar-refractivity contribution in [3.63, 3.8) is 0 Å². The standard InChI is InChI=1S/C17H32F3N5O.HI/c1-6-21-14(26)16(4,5)12-23-15(22-7-2)25-10-8-24(9-11-25)13(3)17(18,19)20;/h13H,6-12H2,1-5H3,(H,21,26)(H,22,23);1H. The molecule has 0 saturated carbocycles. The SMILES string of the molecule is CCNC(=O)C(C)(C)CN=C(NCC)N1CCN(C(C)C(F)(F)F)CC1.I. The predicted molar refractivity (Wildman–Crippen MR) is 113 cm³/mol. The van der Waals surface area contributed by atoms with Gasteiger partial charge in [-0.2, -0.15) is 13.2 Å². The summed E-state index contributed by atoms with van der Waals surface area (Å²) in [6, 6.07) is -1.44. The first kappa shape index (κ1) is 26.2. The molecule has 0 aromatic rings. The molecule has 0 aromatic carbocycles. The van der Waals surface area contributed by atoms with Crippen LogP contribution in [0.3, 0.4) is 0 Å². The highest BCUT2D eigenvalue weighted by Gasteiger charge is 2.41. The van der Waals surface area contributed by atoms with Gasteiger partial charge in [0.05, 0.1) is 12.0 Å². The third kappa shape index (κ3) is 8.00. The molecule has 1 heterocycles. The molecule has 10 heteroatoms. The van der Waals surface area contributed by atoms with Crippen LogP contribution in [0.1, 0.15) is 34.6 Å². The molecule has 1 unspecified atom stereocenters. The Balaban J connectivity index is 0.00000676. The first-order chi connectivity index (χ1) is 12.0. The molecule has 1 aliphatic rings. The molecule has 0 aliphatic carbocycles. The lowest BCUT2D eigenvalue weighted by molar-refractivity contribution is -0.181. The number of halogens is 4. The van der Waals surface area contributed by atoms with Crippen molar-refractivity contribution in [1.29, 1.82) is 0 Å². The zero-order valence-corrected chi connectivity index (χ0v) is 19.1. The number of nitrogens with zero attached hydrogens (tertiary/aromatic N) is 3. The highest BCUT2D eigenvalue weighted by molar-refractivity contribution is 14.0. The summed E-state index contributed by atoms with van der Waals surface area (Å²) in [5, 5.41) is 5.97. The molecule has 1 rings (SSSR count). The third-order valence-electron chi connectivity index (χ3n) is 4.55. The molecule has 0 spiro atoms. The second-order valence-corrected chi connectivity index (χ2v) is 7.15.